The van der Waals surface area contributed by atoms with Gasteiger partial charge in [-0.2, -0.15) is 5.26 Å². The highest BCUT2D eigenvalue weighted by atomic mass is 16.7. The Kier molecular flexibility index (Phi) is 8.79. The zero-order valence-electron chi connectivity index (χ0n) is 30.1. The van der Waals surface area contributed by atoms with Crippen molar-refractivity contribution in [1.82, 2.24) is 15.0 Å². The molecular weight excluding hydrogens is 651 g/mol. The summed E-state index contributed by atoms with van der Waals surface area (Å²) >= 11 is 0. The number of nitriles is 1. The van der Waals surface area contributed by atoms with Crippen LogP contribution in [0.1, 0.15) is 33.3 Å². The van der Waals surface area contributed by atoms with E-state index in [0.717, 1.165) is 55.5 Å². The number of hydrogen-bond acceptors (Lipinski definition) is 6. The second kappa shape index (κ2) is 13.7. The molecule has 6 nitrogen and oxygen atoms in total. The van der Waals surface area contributed by atoms with Gasteiger partial charge in [0.2, 0.25) is 0 Å². The number of benzene rings is 6. The van der Waals surface area contributed by atoms with Crippen LogP contribution in [0.5, 0.6) is 0 Å². The van der Waals surface area contributed by atoms with Crippen molar-refractivity contribution in [2.45, 2.75) is 38.9 Å². The SMILES string of the molecule is CC1(C)OB(c2cc(-c3ccc(C#N)cc3)ccc2-c2ccccc2-c2nc(-c3ccccc3)nc(-c3cccc(-c4ccccc4)c3)n2)OC1(C)C. The van der Waals surface area contributed by atoms with Crippen LogP contribution < -0.4 is 5.46 Å². The summed E-state index contributed by atoms with van der Waals surface area (Å²) in [6.45, 7) is 8.26. The molecule has 1 saturated heterocycles. The van der Waals surface area contributed by atoms with E-state index < -0.39 is 18.3 Å². The van der Waals surface area contributed by atoms with Crippen molar-refractivity contribution in [3.63, 3.8) is 0 Å². The van der Waals surface area contributed by atoms with Gasteiger partial charge in [-0.1, -0.05) is 133 Å². The summed E-state index contributed by atoms with van der Waals surface area (Å²) in [6.07, 6.45) is 0. The molecule has 0 N–H and O–H groups in total. The quantitative estimate of drug-likeness (QED) is 0.155. The summed E-state index contributed by atoms with van der Waals surface area (Å²) in [5.74, 6) is 1.74. The zero-order valence-corrected chi connectivity index (χ0v) is 30.1. The summed E-state index contributed by atoms with van der Waals surface area (Å²) in [7, 11) is -0.629. The molecule has 1 aliphatic heterocycles. The van der Waals surface area contributed by atoms with Crippen LogP contribution in [0, 0.1) is 11.3 Å². The van der Waals surface area contributed by atoms with Crippen LogP contribution in [-0.2, 0) is 9.31 Å². The Bertz CT molecular complexity index is 2460. The molecule has 0 radical (unpaired) electrons. The average molecular weight is 689 g/mol. The fourth-order valence-electron chi connectivity index (χ4n) is 6.61. The normalized spacial score (nSPS) is 14.5. The van der Waals surface area contributed by atoms with E-state index in [4.69, 9.17) is 24.3 Å². The minimum absolute atomic E-state index is 0.541. The van der Waals surface area contributed by atoms with E-state index in [9.17, 15) is 5.26 Å². The lowest BCUT2D eigenvalue weighted by Crippen LogP contribution is -2.41. The molecule has 256 valence electrons. The van der Waals surface area contributed by atoms with Crippen LogP contribution >= 0.6 is 0 Å². The summed E-state index contributed by atoms with van der Waals surface area (Å²) < 4.78 is 13.4. The van der Waals surface area contributed by atoms with E-state index in [1.807, 2.05) is 97.1 Å². The highest BCUT2D eigenvalue weighted by Gasteiger charge is 2.52. The molecule has 1 fully saturated rings. The molecule has 8 rings (SSSR count). The molecule has 0 atom stereocenters. The molecule has 6 aromatic carbocycles. The summed E-state index contributed by atoms with van der Waals surface area (Å²) in [5, 5.41) is 9.39. The summed E-state index contributed by atoms with van der Waals surface area (Å²) in [4.78, 5) is 15.3. The van der Waals surface area contributed by atoms with Gasteiger partial charge in [0.15, 0.2) is 17.5 Å². The first-order valence-corrected chi connectivity index (χ1v) is 17.8. The molecule has 53 heavy (non-hydrogen) atoms. The van der Waals surface area contributed by atoms with Gasteiger partial charge >= 0.3 is 7.12 Å². The van der Waals surface area contributed by atoms with Crippen molar-refractivity contribution in [3.05, 3.63) is 157 Å². The van der Waals surface area contributed by atoms with Crippen molar-refractivity contribution in [2.75, 3.05) is 0 Å². The third kappa shape index (κ3) is 6.67. The van der Waals surface area contributed by atoms with Crippen molar-refractivity contribution in [3.8, 4) is 73.6 Å². The number of nitrogens with zero attached hydrogens (tertiary/aromatic N) is 4. The topological polar surface area (TPSA) is 80.9 Å². The molecule has 7 aromatic rings. The third-order valence-corrected chi connectivity index (χ3v) is 10.3. The summed E-state index contributed by atoms with van der Waals surface area (Å²) in [6, 6.07) is 53.1. The number of rotatable bonds is 7. The highest BCUT2D eigenvalue weighted by Crippen LogP contribution is 2.39. The maximum Gasteiger partial charge on any atom is 0.495 e. The number of aromatic nitrogens is 3. The first-order chi connectivity index (χ1) is 25.7. The van der Waals surface area contributed by atoms with Gasteiger partial charge in [-0.25, -0.2) is 15.0 Å². The second-order valence-electron chi connectivity index (χ2n) is 14.2. The van der Waals surface area contributed by atoms with Gasteiger partial charge in [-0.3, -0.25) is 0 Å². The third-order valence-electron chi connectivity index (χ3n) is 10.3. The van der Waals surface area contributed by atoms with Gasteiger partial charge in [0.05, 0.1) is 22.8 Å². The minimum Gasteiger partial charge on any atom is -0.399 e. The van der Waals surface area contributed by atoms with Crippen LogP contribution in [0.15, 0.2) is 152 Å². The maximum atomic E-state index is 9.39. The Morgan fingerprint density at radius 1 is 0.453 bits per heavy atom. The van der Waals surface area contributed by atoms with E-state index in [1.165, 1.54) is 0 Å². The van der Waals surface area contributed by atoms with Crippen molar-refractivity contribution < 1.29 is 9.31 Å². The van der Waals surface area contributed by atoms with Gasteiger partial charge in [-0.05, 0) is 84.7 Å². The first-order valence-electron chi connectivity index (χ1n) is 17.8. The minimum atomic E-state index is -0.629. The number of hydrogen-bond donors (Lipinski definition) is 0. The Morgan fingerprint density at radius 2 is 0.943 bits per heavy atom. The Hall–Kier alpha value is -6.20. The van der Waals surface area contributed by atoms with E-state index in [1.54, 1.807) is 0 Å². The molecule has 0 bridgehead atoms. The van der Waals surface area contributed by atoms with Gasteiger partial charge in [-0.15, -0.1) is 0 Å². The van der Waals surface area contributed by atoms with Crippen LogP contribution in [0.25, 0.3) is 67.5 Å². The van der Waals surface area contributed by atoms with Crippen molar-refractivity contribution >= 4 is 12.6 Å². The van der Waals surface area contributed by atoms with Gasteiger partial charge in [0, 0.05) is 16.7 Å². The standard InChI is InChI=1S/C46H37BN4O2/c1-45(2)46(3,4)53-47(52-45)41-29-36(33-24-22-31(30-48)23-25-33)26-27-39(41)38-20-11-12-21-40(38)44-50-42(34-16-9-6-10-17-34)49-43(51-44)37-19-13-18-35(28-37)32-14-7-5-8-15-32/h5-29H,1-4H3. The molecule has 0 aliphatic carbocycles. The van der Waals surface area contributed by atoms with Crippen LogP contribution in [0.4, 0.5) is 0 Å². The molecule has 2 heterocycles. The Morgan fingerprint density at radius 3 is 1.60 bits per heavy atom. The lowest BCUT2D eigenvalue weighted by Gasteiger charge is -2.32. The largest absolute Gasteiger partial charge is 0.495 e. The molecule has 0 saturated carbocycles. The predicted molar refractivity (Wildman–Crippen MR) is 213 cm³/mol. The molecule has 0 spiro atoms. The lowest BCUT2D eigenvalue weighted by atomic mass is 9.72. The van der Waals surface area contributed by atoms with Gasteiger partial charge in [0.25, 0.3) is 0 Å². The van der Waals surface area contributed by atoms with E-state index in [0.29, 0.717) is 23.0 Å². The average Bonchev–Trinajstić information content (AvgIpc) is 3.43. The maximum absolute atomic E-state index is 9.39. The molecular formula is C46H37BN4O2. The first kappa shape index (κ1) is 33.9. The van der Waals surface area contributed by atoms with Crippen molar-refractivity contribution in [2.24, 2.45) is 0 Å². The second-order valence-corrected chi connectivity index (χ2v) is 14.2. The zero-order chi connectivity index (χ0) is 36.6. The van der Waals surface area contributed by atoms with Crippen LogP contribution in [0.2, 0.25) is 0 Å². The van der Waals surface area contributed by atoms with E-state index in [-0.39, 0.29) is 0 Å². The molecule has 1 aliphatic rings. The van der Waals surface area contributed by atoms with Crippen molar-refractivity contribution in [1.29, 1.82) is 5.26 Å². The predicted octanol–water partition coefficient (Wildman–Crippen LogP) is 10.0. The van der Waals surface area contributed by atoms with Crippen LogP contribution in [-0.4, -0.2) is 33.3 Å². The highest BCUT2D eigenvalue weighted by molar-refractivity contribution is 6.64. The van der Waals surface area contributed by atoms with Gasteiger partial charge in [0.1, 0.15) is 0 Å². The van der Waals surface area contributed by atoms with E-state index in [2.05, 4.69) is 88.4 Å². The Labute approximate surface area is 310 Å². The molecule has 0 amide bonds. The molecule has 7 heteroatoms. The van der Waals surface area contributed by atoms with E-state index >= 15 is 0 Å². The lowest BCUT2D eigenvalue weighted by molar-refractivity contribution is 0.00578. The fourth-order valence-corrected chi connectivity index (χ4v) is 6.61. The molecule has 1 aromatic heterocycles. The summed E-state index contributed by atoms with van der Waals surface area (Å²) in [5.41, 5.74) is 9.17. The monoisotopic (exact) mass is 688 g/mol. The molecule has 0 unspecified atom stereocenters. The van der Waals surface area contributed by atoms with Crippen LogP contribution in [0.3, 0.4) is 0 Å². The Balaban J connectivity index is 1.30. The van der Waals surface area contributed by atoms with Gasteiger partial charge < -0.3 is 9.31 Å². The smallest absolute Gasteiger partial charge is 0.399 e. The fraction of sp³-hybridized carbons (Fsp3) is 0.130.